The molecular weight excluding hydrogens is 1770 g/mol. The van der Waals surface area contributed by atoms with Crippen molar-refractivity contribution in [1.82, 2.24) is 0 Å². The van der Waals surface area contributed by atoms with Crippen molar-refractivity contribution in [3.63, 3.8) is 0 Å². The van der Waals surface area contributed by atoms with Gasteiger partial charge in [0.15, 0.2) is 55.9 Å². The zero-order valence-electron chi connectivity index (χ0n) is 75.2. The van der Waals surface area contributed by atoms with Crippen molar-refractivity contribution in [3.8, 4) is 0 Å². The van der Waals surface area contributed by atoms with Gasteiger partial charge in [0.1, 0.15) is 117 Å². The molecule has 5 heterocycles. The first-order chi connectivity index (χ1) is 66.2. The summed E-state index contributed by atoms with van der Waals surface area (Å²) in [7, 11) is 2.07. The molecule has 0 radical (unpaired) electrons. The van der Waals surface area contributed by atoms with E-state index >= 15 is 19.2 Å². The Morgan fingerprint density at radius 2 is 0.559 bits per heavy atom. The summed E-state index contributed by atoms with van der Waals surface area (Å²) >= 11 is 0. The Morgan fingerprint density at radius 1 is 0.309 bits per heavy atom. The Morgan fingerprint density at radius 3 is 0.838 bits per heavy atom. The summed E-state index contributed by atoms with van der Waals surface area (Å²) in [4.78, 5) is 111. The molecule has 0 aromatic heterocycles. The van der Waals surface area contributed by atoms with Gasteiger partial charge in [-0.15, -0.1) is 0 Å². The van der Waals surface area contributed by atoms with Crippen molar-refractivity contribution in [1.29, 1.82) is 0 Å². The fourth-order valence-corrected chi connectivity index (χ4v) is 16.1. The Balaban J connectivity index is 0.946. The van der Waals surface area contributed by atoms with E-state index in [0.717, 1.165) is 28.1 Å². The maximum atomic E-state index is 15.4. The largest absolute Gasteiger partial charge is 0.467 e. The predicted molar refractivity (Wildman–Crippen MR) is 473 cm³/mol. The van der Waals surface area contributed by atoms with Crippen LogP contribution in [-0.2, 0) is 173 Å². The molecule has 0 amide bonds. The molecule has 39 nitrogen and oxygen atoms in total. The van der Waals surface area contributed by atoms with Crippen molar-refractivity contribution < 1.29 is 143 Å². The van der Waals surface area contributed by atoms with Gasteiger partial charge >= 0.3 is 41.8 Å². The van der Waals surface area contributed by atoms with E-state index in [-0.39, 0.29) is 44.2 Å². The lowest BCUT2D eigenvalue weighted by atomic mass is 9.93. The number of hydrogen-bond donors (Lipinski definition) is 0. The Hall–Kier alpha value is -12.7. The molecule has 0 N–H and O–H groups in total. The third-order valence-electron chi connectivity index (χ3n) is 22.4. The second kappa shape index (κ2) is 50.8. The number of hydrogen-bond acceptors (Lipinski definition) is 33. The summed E-state index contributed by atoms with van der Waals surface area (Å²) < 4.78 is 152. The first kappa shape index (κ1) is 101. The molecule has 0 aliphatic carbocycles. The molecule has 5 saturated heterocycles. The van der Waals surface area contributed by atoms with Crippen LogP contribution in [0.5, 0.6) is 0 Å². The van der Waals surface area contributed by atoms with Crippen LogP contribution in [0.4, 0.5) is 0 Å². The molecule has 5 fully saturated rings. The van der Waals surface area contributed by atoms with Crippen molar-refractivity contribution in [2.24, 2.45) is 15.3 Å². The highest BCUT2D eigenvalue weighted by Gasteiger charge is 2.63. The fourth-order valence-electron chi connectivity index (χ4n) is 16.1. The zero-order chi connectivity index (χ0) is 95.8. The van der Waals surface area contributed by atoms with E-state index in [1.807, 2.05) is 18.2 Å². The van der Waals surface area contributed by atoms with Crippen LogP contribution in [-0.4, -0.2) is 235 Å². The zero-order valence-corrected chi connectivity index (χ0v) is 75.2. The Labute approximate surface area is 782 Å². The third kappa shape index (κ3) is 27.4. The number of azide groups is 3. The first-order valence-corrected chi connectivity index (χ1v) is 43.9. The summed E-state index contributed by atoms with van der Waals surface area (Å²) in [6.07, 6.45) is -40.4. The normalized spacial score (nSPS) is 28.0. The lowest BCUT2D eigenvalue weighted by Gasteiger charge is -2.51. The minimum Gasteiger partial charge on any atom is -0.467 e. The summed E-state index contributed by atoms with van der Waals surface area (Å²) in [5.74, 6) is -6.90. The van der Waals surface area contributed by atoms with Crippen LogP contribution in [0.15, 0.2) is 258 Å². The molecule has 8 aromatic rings. The SMILES string of the molecule is COC(=O)[C@H]1O[C@@H](O[C@H]2[C@H](OCc3ccccc3)[C@@H](N=[N+]=[N-])[C@@H](O[C@H]3[C@H](OCc4ccccc4)[C@@H](OC(=O)c4ccccc4)[C@H](O[C@H]4[C@H](OCc5ccccc5)[C@@H](N=[N+]=[N-])[C@H](OC(C)C)O[C@@H]4COC(C)=O)O[C@H]3C(=O)OC)O[C@@H]2COC(C)=O)[C@H](OC(=O)c2ccccc2)[C@@H](OCc2ccccc2)[C@@H]1O[C@H]1O[C@H](COC(C)=O)[C@@H](OCc2ccccc2)[C@H](OCc2ccccc2)[C@H]1N=[N+]=[N-]. The monoisotopic (exact) mass is 1880 g/mol. The maximum Gasteiger partial charge on any atom is 0.338 e. The summed E-state index contributed by atoms with van der Waals surface area (Å²) in [5, 5.41) is 12.7. The summed E-state index contributed by atoms with van der Waals surface area (Å²) in [6, 6.07) is 63.0. The molecule has 0 unspecified atom stereocenters. The molecule has 5 aliphatic heterocycles. The van der Waals surface area contributed by atoms with Gasteiger partial charge in [0, 0.05) is 35.5 Å². The predicted octanol–water partition coefficient (Wildman–Crippen LogP) is 12.6. The molecular formula is C97H105N9O30. The minimum absolute atomic E-state index is 0.0305. The smallest absolute Gasteiger partial charge is 0.338 e. The van der Waals surface area contributed by atoms with E-state index in [2.05, 4.69) is 30.1 Å². The molecule has 718 valence electrons. The number of benzene rings is 8. The number of methoxy groups -OCH3 is 2. The second-order valence-electron chi connectivity index (χ2n) is 32.1. The molecule has 0 saturated carbocycles. The van der Waals surface area contributed by atoms with Gasteiger partial charge in [-0.1, -0.05) is 234 Å². The lowest BCUT2D eigenvalue weighted by Crippen LogP contribution is -2.69. The van der Waals surface area contributed by atoms with Gasteiger partial charge in [-0.05, 0) is 88.1 Å². The van der Waals surface area contributed by atoms with Gasteiger partial charge in [-0.2, -0.15) is 0 Å². The number of ether oxygens (including phenoxy) is 23. The number of nitrogens with zero attached hydrogens (tertiary/aromatic N) is 9. The summed E-state index contributed by atoms with van der Waals surface area (Å²) in [5.41, 5.74) is 35.7. The molecule has 8 aromatic carbocycles. The summed E-state index contributed by atoms with van der Waals surface area (Å²) in [6.45, 7) is 3.33. The Bertz CT molecular complexity index is 5300. The average Bonchev–Trinajstić information content (AvgIpc) is 0.755. The van der Waals surface area contributed by atoms with Crippen molar-refractivity contribution in [2.75, 3.05) is 34.0 Å². The van der Waals surface area contributed by atoms with Gasteiger partial charge in [0.2, 0.25) is 0 Å². The fraction of sp³-hybridized carbons (Fsp3) is 0.433. The average molecular weight is 1880 g/mol. The maximum absolute atomic E-state index is 15.4. The van der Waals surface area contributed by atoms with E-state index in [4.69, 9.17) is 109 Å². The van der Waals surface area contributed by atoms with Gasteiger partial charge < -0.3 is 109 Å². The number of carbonyl (C=O) groups is 7. The second-order valence-corrected chi connectivity index (χ2v) is 32.1. The minimum atomic E-state index is -2.20. The van der Waals surface area contributed by atoms with Crippen LogP contribution < -0.4 is 0 Å². The van der Waals surface area contributed by atoms with Crippen LogP contribution in [0, 0.1) is 0 Å². The van der Waals surface area contributed by atoms with E-state index in [0.29, 0.717) is 33.4 Å². The van der Waals surface area contributed by atoms with Crippen molar-refractivity contribution in [2.45, 2.75) is 234 Å². The van der Waals surface area contributed by atoms with E-state index < -0.39 is 228 Å². The van der Waals surface area contributed by atoms with E-state index in [1.165, 1.54) is 31.2 Å². The number of rotatable bonds is 43. The molecule has 0 spiro atoms. The van der Waals surface area contributed by atoms with Gasteiger partial charge in [0.05, 0.1) is 71.1 Å². The third-order valence-corrected chi connectivity index (χ3v) is 22.4. The highest BCUT2D eigenvalue weighted by molar-refractivity contribution is 5.90. The molecule has 39 heteroatoms. The van der Waals surface area contributed by atoms with Crippen LogP contribution in [0.1, 0.15) is 88.7 Å². The van der Waals surface area contributed by atoms with Gasteiger partial charge in [-0.3, -0.25) is 14.4 Å². The van der Waals surface area contributed by atoms with E-state index in [9.17, 15) is 31.0 Å². The molecule has 5 aliphatic rings. The number of carbonyl (C=O) groups excluding carboxylic acids is 7. The van der Waals surface area contributed by atoms with Crippen LogP contribution in [0.3, 0.4) is 0 Å². The highest BCUT2D eigenvalue weighted by Crippen LogP contribution is 2.43. The highest BCUT2D eigenvalue weighted by atomic mass is 16.8. The van der Waals surface area contributed by atoms with Crippen LogP contribution >= 0.6 is 0 Å². The van der Waals surface area contributed by atoms with Crippen LogP contribution in [0.25, 0.3) is 31.3 Å². The molecule has 0 bridgehead atoms. The Kier molecular flexibility index (Phi) is 37.6. The lowest BCUT2D eigenvalue weighted by molar-refractivity contribution is -0.381. The van der Waals surface area contributed by atoms with Gasteiger partial charge in [0.25, 0.3) is 0 Å². The van der Waals surface area contributed by atoms with Crippen molar-refractivity contribution >= 4 is 41.8 Å². The topological polar surface area (TPSA) is 478 Å². The van der Waals surface area contributed by atoms with E-state index in [1.54, 1.807) is 214 Å². The molecule has 13 rings (SSSR count). The van der Waals surface area contributed by atoms with Gasteiger partial charge in [-0.25, -0.2) is 19.2 Å². The quantitative estimate of drug-likeness (QED) is 0.0113. The standard InChI is InChI=1S/C97H105N9O30/c1-57(2)125-93-73(102-105-99)79(121-50-63-36-20-10-21-37-63)76(70(127-93)55-117-59(4)108)131-96-88(130-90(111)68-46-30-15-31-47-68)82(124-53-66-42-26-13-27-43-66)84(86(136-96)92(113)115-7)134-95-74(103-106-100)80(122-51-64-38-22-11-23-39-64)77(71(128-95)56-118-60(5)109)132-97-87(129-89(110)67-44-28-14-29-45-67)81(123-52-65-40-24-12-25-41-65)83(85(135-97)91(112)114-6)133-94-72(101-104-98)78(120-49-62-34-18-9-19-35-62)75(69(126-94)54-116-58(3)107)119-48-61-32-16-8-17-33-61/h8-47,57,69-88,93-97H,48-56H2,1-7H3/t69-,70-,71-,72-,73-,74-,75-,76-,77-,78-,79-,80-,81+,82+,83+,84+,85+,86-,87-,88-,93-,94-,95-,96-,97-/m1/s1. The number of esters is 7. The van der Waals surface area contributed by atoms with Crippen LogP contribution in [0.2, 0.25) is 0 Å². The first-order valence-electron chi connectivity index (χ1n) is 43.9. The van der Waals surface area contributed by atoms with Crippen molar-refractivity contribution in [3.05, 3.63) is 318 Å². The molecule has 136 heavy (non-hydrogen) atoms. The molecule has 25 atom stereocenters.